The van der Waals surface area contributed by atoms with Crippen LogP contribution in [0.4, 0.5) is 0 Å². The molecular formula is C14H18N2O4S. The minimum Gasteiger partial charge on any atom is -0.460 e. The second-order valence-corrected chi connectivity index (χ2v) is 8.12. The number of furan rings is 1. The van der Waals surface area contributed by atoms with Crippen molar-refractivity contribution in [1.29, 1.82) is 0 Å². The molecule has 114 valence electrons. The van der Waals surface area contributed by atoms with Crippen molar-refractivity contribution in [3.63, 3.8) is 0 Å². The van der Waals surface area contributed by atoms with E-state index >= 15 is 0 Å². The van der Waals surface area contributed by atoms with Crippen LogP contribution in [0.2, 0.25) is 0 Å². The first-order valence-corrected chi connectivity index (χ1v) is 8.90. The van der Waals surface area contributed by atoms with E-state index in [1.54, 1.807) is 0 Å². The lowest BCUT2D eigenvalue weighted by Crippen LogP contribution is -2.27. The Hall–Kier alpha value is -1.63. The maximum absolute atomic E-state index is 11.8. The molecule has 1 aliphatic heterocycles. The Morgan fingerprint density at radius 2 is 2.24 bits per heavy atom. The molecule has 1 aromatic rings. The van der Waals surface area contributed by atoms with Crippen LogP contribution < -0.4 is 5.43 Å². The first kappa shape index (κ1) is 14.3. The Morgan fingerprint density at radius 3 is 2.86 bits per heavy atom. The molecule has 2 aliphatic rings. The predicted octanol–water partition coefficient (Wildman–Crippen LogP) is 1.29. The van der Waals surface area contributed by atoms with Gasteiger partial charge in [-0.3, -0.25) is 4.79 Å². The van der Waals surface area contributed by atoms with Crippen molar-refractivity contribution in [2.75, 3.05) is 11.5 Å². The van der Waals surface area contributed by atoms with Crippen LogP contribution >= 0.6 is 0 Å². The molecule has 2 heterocycles. The molecule has 1 N–H and O–H groups in total. The number of carbonyl (C=O) groups is 1. The summed E-state index contributed by atoms with van der Waals surface area (Å²) in [6, 6.07) is 3.75. The predicted molar refractivity (Wildman–Crippen MR) is 77.7 cm³/mol. The SMILES string of the molecule is C[C@H]1C[C@H]1c1ccc(/C=N\NC(=O)[C@@H]2CCS(=O)(=O)C2)o1. The molecule has 1 saturated heterocycles. The summed E-state index contributed by atoms with van der Waals surface area (Å²) in [5.74, 6) is 1.87. The van der Waals surface area contributed by atoms with E-state index < -0.39 is 15.8 Å². The molecule has 21 heavy (non-hydrogen) atoms. The van der Waals surface area contributed by atoms with Gasteiger partial charge in [-0.2, -0.15) is 5.10 Å². The van der Waals surface area contributed by atoms with Crippen LogP contribution in [0.1, 0.15) is 37.2 Å². The molecule has 1 aromatic heterocycles. The lowest BCUT2D eigenvalue weighted by atomic mass is 10.1. The summed E-state index contributed by atoms with van der Waals surface area (Å²) >= 11 is 0. The van der Waals surface area contributed by atoms with Crippen LogP contribution in [-0.2, 0) is 14.6 Å². The fourth-order valence-corrected chi connectivity index (χ4v) is 4.35. The van der Waals surface area contributed by atoms with Gasteiger partial charge >= 0.3 is 0 Å². The standard InChI is InChI=1S/C14H18N2O4S/c1-9-6-12(9)13-3-2-11(20-13)7-15-16-14(17)10-4-5-21(18,19)8-10/h2-3,7,9-10,12H,4-6,8H2,1H3,(H,16,17)/b15-7-/t9-,10+,12+/m0/s1. The van der Waals surface area contributed by atoms with Gasteiger partial charge in [-0.15, -0.1) is 0 Å². The van der Waals surface area contributed by atoms with Gasteiger partial charge in [0, 0.05) is 5.92 Å². The van der Waals surface area contributed by atoms with Gasteiger partial charge in [-0.25, -0.2) is 13.8 Å². The van der Waals surface area contributed by atoms with Crippen molar-refractivity contribution in [3.8, 4) is 0 Å². The van der Waals surface area contributed by atoms with E-state index in [1.807, 2.05) is 12.1 Å². The van der Waals surface area contributed by atoms with Gasteiger partial charge in [-0.05, 0) is 30.9 Å². The number of hydrogen-bond acceptors (Lipinski definition) is 5. The Balaban J connectivity index is 1.52. The first-order chi connectivity index (χ1) is 9.94. The molecular weight excluding hydrogens is 292 g/mol. The minimum absolute atomic E-state index is 0.0793. The summed E-state index contributed by atoms with van der Waals surface area (Å²) in [7, 11) is -3.05. The van der Waals surface area contributed by atoms with E-state index in [9.17, 15) is 13.2 Å². The molecule has 0 spiro atoms. The molecule has 0 radical (unpaired) electrons. The molecule has 0 unspecified atom stereocenters. The van der Waals surface area contributed by atoms with Crippen molar-refractivity contribution in [1.82, 2.24) is 5.43 Å². The third-order valence-corrected chi connectivity index (χ3v) is 5.86. The second-order valence-electron chi connectivity index (χ2n) is 5.89. The Bertz CT molecular complexity index is 677. The van der Waals surface area contributed by atoms with Gasteiger partial charge in [0.2, 0.25) is 5.91 Å². The van der Waals surface area contributed by atoms with Gasteiger partial charge < -0.3 is 4.42 Å². The maximum atomic E-state index is 11.8. The van der Waals surface area contributed by atoms with Gasteiger partial charge in [0.25, 0.3) is 0 Å². The van der Waals surface area contributed by atoms with E-state index in [-0.39, 0.29) is 17.4 Å². The van der Waals surface area contributed by atoms with Crippen LogP contribution in [-0.4, -0.2) is 32.0 Å². The average Bonchev–Trinajstić information content (AvgIpc) is 2.85. The summed E-state index contributed by atoms with van der Waals surface area (Å²) in [5, 5.41) is 3.83. The molecule has 1 amide bonds. The van der Waals surface area contributed by atoms with Gasteiger partial charge in [0.15, 0.2) is 9.84 Å². The summed E-state index contributed by atoms with van der Waals surface area (Å²) in [6.07, 6.45) is 2.96. The average molecular weight is 310 g/mol. The largest absolute Gasteiger partial charge is 0.460 e. The Kier molecular flexibility index (Phi) is 3.61. The highest BCUT2D eigenvalue weighted by molar-refractivity contribution is 7.91. The van der Waals surface area contributed by atoms with Crippen LogP contribution in [0.15, 0.2) is 21.7 Å². The third kappa shape index (κ3) is 3.34. The van der Waals surface area contributed by atoms with Crippen LogP contribution in [0.25, 0.3) is 0 Å². The molecule has 0 aromatic carbocycles. The van der Waals surface area contributed by atoms with E-state index in [0.29, 0.717) is 24.0 Å². The summed E-state index contributed by atoms with van der Waals surface area (Å²) < 4.78 is 28.2. The Labute approximate surface area is 123 Å². The third-order valence-electron chi connectivity index (χ3n) is 4.09. The summed E-state index contributed by atoms with van der Waals surface area (Å²) in [6.45, 7) is 2.18. The number of rotatable bonds is 4. The molecule has 0 bridgehead atoms. The number of nitrogens with zero attached hydrogens (tertiary/aromatic N) is 1. The topological polar surface area (TPSA) is 88.7 Å². The fraction of sp³-hybridized carbons (Fsp3) is 0.571. The minimum atomic E-state index is -3.05. The monoisotopic (exact) mass is 310 g/mol. The van der Waals surface area contributed by atoms with Crippen molar-refractivity contribution in [2.45, 2.75) is 25.7 Å². The quantitative estimate of drug-likeness (QED) is 0.670. The lowest BCUT2D eigenvalue weighted by molar-refractivity contribution is -0.124. The highest BCUT2D eigenvalue weighted by atomic mass is 32.2. The number of sulfone groups is 1. The fourth-order valence-electron chi connectivity index (χ4n) is 2.61. The highest BCUT2D eigenvalue weighted by Crippen LogP contribution is 2.47. The first-order valence-electron chi connectivity index (χ1n) is 7.08. The van der Waals surface area contributed by atoms with Crippen molar-refractivity contribution < 1.29 is 17.6 Å². The van der Waals surface area contributed by atoms with Gasteiger partial charge in [0.1, 0.15) is 11.5 Å². The van der Waals surface area contributed by atoms with E-state index in [1.165, 1.54) is 6.21 Å². The molecule has 7 heteroatoms. The smallest absolute Gasteiger partial charge is 0.244 e. The van der Waals surface area contributed by atoms with Gasteiger partial charge in [0.05, 0.1) is 23.6 Å². The van der Waals surface area contributed by atoms with Crippen LogP contribution in [0.3, 0.4) is 0 Å². The van der Waals surface area contributed by atoms with E-state index in [2.05, 4.69) is 17.5 Å². The highest BCUT2D eigenvalue weighted by Gasteiger charge is 2.36. The summed E-state index contributed by atoms with van der Waals surface area (Å²) in [4.78, 5) is 11.8. The molecule has 6 nitrogen and oxygen atoms in total. The molecule has 1 saturated carbocycles. The molecule has 2 fully saturated rings. The van der Waals surface area contributed by atoms with Crippen molar-refractivity contribution in [3.05, 3.63) is 23.7 Å². The normalized spacial score (nSPS) is 30.6. The van der Waals surface area contributed by atoms with Crippen molar-refractivity contribution >= 4 is 22.0 Å². The molecule has 3 atom stereocenters. The number of nitrogens with one attached hydrogen (secondary N) is 1. The zero-order valence-corrected chi connectivity index (χ0v) is 12.6. The maximum Gasteiger partial charge on any atom is 0.244 e. The second kappa shape index (κ2) is 5.29. The van der Waals surface area contributed by atoms with Crippen molar-refractivity contribution in [2.24, 2.45) is 16.9 Å². The zero-order valence-electron chi connectivity index (χ0n) is 11.8. The zero-order chi connectivity index (χ0) is 15.0. The van der Waals surface area contributed by atoms with Crippen LogP contribution in [0.5, 0.6) is 0 Å². The van der Waals surface area contributed by atoms with E-state index in [4.69, 9.17) is 4.42 Å². The lowest BCUT2D eigenvalue weighted by Gasteiger charge is -2.04. The molecule has 1 aliphatic carbocycles. The summed E-state index contributed by atoms with van der Waals surface area (Å²) in [5.41, 5.74) is 2.38. The van der Waals surface area contributed by atoms with Crippen LogP contribution in [0, 0.1) is 11.8 Å². The number of hydrogen-bond donors (Lipinski definition) is 1. The van der Waals surface area contributed by atoms with E-state index in [0.717, 1.165) is 12.2 Å². The van der Waals surface area contributed by atoms with Gasteiger partial charge in [-0.1, -0.05) is 6.92 Å². The molecule has 3 rings (SSSR count). The Morgan fingerprint density at radius 1 is 1.48 bits per heavy atom. The number of carbonyl (C=O) groups excluding carboxylic acids is 1. The number of amides is 1. The number of hydrazone groups is 1.